The van der Waals surface area contributed by atoms with Crippen molar-refractivity contribution in [3.63, 3.8) is 0 Å². The van der Waals surface area contributed by atoms with E-state index in [1.807, 2.05) is 6.92 Å². The Morgan fingerprint density at radius 2 is 1.55 bits per heavy atom. The molecule has 0 aliphatic carbocycles. The Labute approximate surface area is 239 Å². The molecule has 6 atom stereocenters. The first-order chi connectivity index (χ1) is 19.7. The average molecular weight is 606 g/mol. The highest BCUT2D eigenvalue weighted by atomic mass is 19.4. The molecule has 2 aromatic rings. The van der Waals surface area contributed by atoms with E-state index in [2.05, 4.69) is 4.90 Å². The standard InChI is InChI=1S/C30H34F7NO4/c1-17(20-13-21(29(32,33)34)15-22(14-20)30(35,36)37)42-27-26(19-3-5-23(31)6-4-19)24(7-12-40-27)38-10-8-28(9-11-38)18(2)41-16-25(28)39/h3-6,13-15,17-18,24-27,39H,7-12,16H2,1-2H3/t17-,18?,24-,25+,26-,27-/m1/s1. The van der Waals surface area contributed by atoms with E-state index in [9.17, 15) is 35.8 Å². The summed E-state index contributed by atoms with van der Waals surface area (Å²) in [7, 11) is 0. The summed E-state index contributed by atoms with van der Waals surface area (Å²) in [5.74, 6) is -0.962. The van der Waals surface area contributed by atoms with Crippen molar-refractivity contribution in [3.05, 3.63) is 70.5 Å². The van der Waals surface area contributed by atoms with Crippen LogP contribution in [-0.2, 0) is 26.6 Å². The lowest BCUT2D eigenvalue weighted by molar-refractivity contribution is -0.213. The topological polar surface area (TPSA) is 51.2 Å². The van der Waals surface area contributed by atoms with Gasteiger partial charge in [-0.3, -0.25) is 4.90 Å². The molecule has 0 saturated carbocycles. The molecule has 3 saturated heterocycles. The normalized spacial score (nSPS) is 29.6. The first kappa shape index (κ1) is 31.2. The second-order valence-electron chi connectivity index (χ2n) is 11.6. The summed E-state index contributed by atoms with van der Waals surface area (Å²) in [6, 6.07) is 7.02. The van der Waals surface area contributed by atoms with Gasteiger partial charge in [-0.15, -0.1) is 0 Å². The summed E-state index contributed by atoms with van der Waals surface area (Å²) in [6.45, 7) is 5.16. The molecule has 0 bridgehead atoms. The number of nitrogens with zero attached hydrogens (tertiary/aromatic N) is 1. The molecule has 232 valence electrons. The minimum absolute atomic E-state index is 0.0843. The molecule has 1 spiro atoms. The fourth-order valence-electron chi connectivity index (χ4n) is 6.71. The molecule has 1 N–H and O–H groups in total. The number of aliphatic hydroxyl groups excluding tert-OH is 1. The minimum Gasteiger partial charge on any atom is -0.390 e. The smallest absolute Gasteiger partial charge is 0.390 e. The summed E-state index contributed by atoms with van der Waals surface area (Å²) in [4.78, 5) is 2.26. The SMILES string of the molecule is CC1OC[C@H](O)C12CCN([C@@H]1CCO[C@H](O[C@H](C)c3cc(C(F)(F)F)cc(C(F)(F)F)c3)[C@@H]1c1ccc(F)cc1)CC2. The Kier molecular flexibility index (Phi) is 8.67. The zero-order valence-corrected chi connectivity index (χ0v) is 23.2. The van der Waals surface area contributed by atoms with Crippen molar-refractivity contribution in [2.45, 2.75) is 82.0 Å². The minimum atomic E-state index is -4.99. The molecule has 3 aliphatic heterocycles. The predicted molar refractivity (Wildman–Crippen MR) is 138 cm³/mol. The van der Waals surface area contributed by atoms with Crippen LogP contribution in [0, 0.1) is 11.2 Å². The van der Waals surface area contributed by atoms with Crippen molar-refractivity contribution < 1.29 is 50.1 Å². The van der Waals surface area contributed by atoms with Gasteiger partial charge in [0.25, 0.3) is 0 Å². The number of ether oxygens (including phenoxy) is 3. The van der Waals surface area contributed by atoms with E-state index in [0.717, 1.165) is 0 Å². The van der Waals surface area contributed by atoms with Crippen molar-refractivity contribution in [1.29, 1.82) is 0 Å². The van der Waals surface area contributed by atoms with E-state index in [-0.39, 0.29) is 42.4 Å². The maximum Gasteiger partial charge on any atom is 0.416 e. The highest BCUT2D eigenvalue weighted by Crippen LogP contribution is 2.47. The van der Waals surface area contributed by atoms with E-state index in [4.69, 9.17) is 14.2 Å². The van der Waals surface area contributed by atoms with Crippen LogP contribution < -0.4 is 0 Å². The summed E-state index contributed by atoms with van der Waals surface area (Å²) in [5.41, 5.74) is -2.80. The van der Waals surface area contributed by atoms with Crippen LogP contribution in [-0.4, -0.2) is 60.8 Å². The Hall–Kier alpha value is -2.25. The van der Waals surface area contributed by atoms with Gasteiger partial charge in [0.15, 0.2) is 6.29 Å². The molecule has 5 rings (SSSR count). The van der Waals surface area contributed by atoms with Gasteiger partial charge in [0.1, 0.15) is 5.82 Å². The van der Waals surface area contributed by atoms with Gasteiger partial charge in [0, 0.05) is 11.5 Å². The van der Waals surface area contributed by atoms with E-state index in [1.54, 1.807) is 12.1 Å². The van der Waals surface area contributed by atoms with Gasteiger partial charge in [-0.05, 0) is 87.7 Å². The van der Waals surface area contributed by atoms with Crippen LogP contribution in [0.3, 0.4) is 0 Å². The molecular weight excluding hydrogens is 571 g/mol. The van der Waals surface area contributed by atoms with Crippen molar-refractivity contribution in [2.24, 2.45) is 5.41 Å². The number of likely N-dealkylation sites (tertiary alicyclic amines) is 1. The van der Waals surface area contributed by atoms with Gasteiger partial charge < -0.3 is 19.3 Å². The fraction of sp³-hybridized carbons (Fsp3) is 0.600. The number of hydrogen-bond donors (Lipinski definition) is 1. The molecule has 0 aromatic heterocycles. The van der Waals surface area contributed by atoms with Crippen molar-refractivity contribution in [2.75, 3.05) is 26.3 Å². The summed E-state index contributed by atoms with van der Waals surface area (Å²) >= 11 is 0. The van der Waals surface area contributed by atoms with E-state index in [0.29, 0.717) is 50.0 Å². The third-order valence-electron chi connectivity index (χ3n) is 9.25. The van der Waals surface area contributed by atoms with Crippen LogP contribution in [0.4, 0.5) is 30.7 Å². The summed E-state index contributed by atoms with van der Waals surface area (Å²) in [5, 5.41) is 10.7. The van der Waals surface area contributed by atoms with Crippen LogP contribution in [0.2, 0.25) is 0 Å². The molecule has 0 radical (unpaired) electrons. The van der Waals surface area contributed by atoms with E-state index >= 15 is 0 Å². The zero-order chi connectivity index (χ0) is 30.4. The summed E-state index contributed by atoms with van der Waals surface area (Å²) < 4.78 is 113. The van der Waals surface area contributed by atoms with Gasteiger partial charge in [0.05, 0.1) is 48.6 Å². The lowest BCUT2D eigenvalue weighted by Crippen LogP contribution is -2.55. The highest BCUT2D eigenvalue weighted by molar-refractivity contribution is 5.35. The van der Waals surface area contributed by atoms with Gasteiger partial charge in [0.2, 0.25) is 0 Å². The maximum atomic E-state index is 13.9. The van der Waals surface area contributed by atoms with Crippen molar-refractivity contribution in [1.82, 2.24) is 4.90 Å². The summed E-state index contributed by atoms with van der Waals surface area (Å²) in [6.07, 6.45) is -10.9. The van der Waals surface area contributed by atoms with E-state index in [1.165, 1.54) is 19.1 Å². The maximum absolute atomic E-state index is 13.9. The quantitative estimate of drug-likeness (QED) is 0.385. The monoisotopic (exact) mass is 605 g/mol. The Morgan fingerprint density at radius 1 is 0.952 bits per heavy atom. The van der Waals surface area contributed by atoms with Crippen LogP contribution in [0.25, 0.3) is 0 Å². The molecule has 5 nitrogen and oxygen atoms in total. The molecule has 3 fully saturated rings. The number of piperidine rings is 1. The molecule has 3 heterocycles. The van der Waals surface area contributed by atoms with Gasteiger partial charge in [-0.25, -0.2) is 4.39 Å². The number of halogens is 7. The Bertz CT molecular complexity index is 1180. The first-order valence-corrected chi connectivity index (χ1v) is 14.0. The van der Waals surface area contributed by atoms with Gasteiger partial charge >= 0.3 is 12.4 Å². The van der Waals surface area contributed by atoms with Crippen LogP contribution >= 0.6 is 0 Å². The largest absolute Gasteiger partial charge is 0.416 e. The Morgan fingerprint density at radius 3 is 2.07 bits per heavy atom. The first-order valence-electron chi connectivity index (χ1n) is 14.0. The average Bonchev–Trinajstić information content (AvgIpc) is 3.21. The number of benzene rings is 2. The molecule has 0 amide bonds. The molecule has 12 heteroatoms. The Balaban J connectivity index is 1.42. The van der Waals surface area contributed by atoms with Crippen LogP contribution in [0.15, 0.2) is 42.5 Å². The number of aliphatic hydroxyl groups is 1. The van der Waals surface area contributed by atoms with Gasteiger partial charge in [-0.1, -0.05) is 12.1 Å². The second kappa shape index (κ2) is 11.7. The van der Waals surface area contributed by atoms with Crippen LogP contribution in [0.1, 0.15) is 67.4 Å². The lowest BCUT2D eigenvalue weighted by Gasteiger charge is -2.49. The fourth-order valence-corrected chi connectivity index (χ4v) is 6.71. The number of hydrogen-bond acceptors (Lipinski definition) is 5. The molecule has 2 aromatic carbocycles. The lowest BCUT2D eigenvalue weighted by atomic mass is 9.71. The molecule has 42 heavy (non-hydrogen) atoms. The van der Waals surface area contributed by atoms with Crippen LogP contribution in [0.5, 0.6) is 0 Å². The second-order valence-corrected chi connectivity index (χ2v) is 11.6. The van der Waals surface area contributed by atoms with Gasteiger partial charge in [-0.2, -0.15) is 26.3 Å². The number of rotatable bonds is 5. The van der Waals surface area contributed by atoms with E-state index < -0.39 is 53.7 Å². The predicted octanol–water partition coefficient (Wildman–Crippen LogP) is 6.70. The highest BCUT2D eigenvalue weighted by Gasteiger charge is 2.52. The molecular formula is C30H34F7NO4. The third kappa shape index (κ3) is 6.19. The third-order valence-corrected chi connectivity index (χ3v) is 9.25. The number of alkyl halides is 6. The van der Waals surface area contributed by atoms with Crippen molar-refractivity contribution in [3.8, 4) is 0 Å². The molecule has 3 aliphatic rings. The van der Waals surface area contributed by atoms with Crippen molar-refractivity contribution >= 4 is 0 Å². The molecule has 1 unspecified atom stereocenters. The zero-order valence-electron chi connectivity index (χ0n) is 23.2.